The Morgan fingerprint density at radius 2 is 1.91 bits per heavy atom. The third-order valence-electron chi connectivity index (χ3n) is 3.39. The fourth-order valence-corrected chi connectivity index (χ4v) is 2.50. The molecule has 3 rings (SSSR count). The summed E-state index contributed by atoms with van der Waals surface area (Å²) in [6.07, 6.45) is -0.114. The maximum Gasteiger partial charge on any atom is 0.307 e. The van der Waals surface area contributed by atoms with Crippen LogP contribution in [0.3, 0.4) is 0 Å². The number of benzene rings is 1. The van der Waals surface area contributed by atoms with Crippen LogP contribution in [0.25, 0.3) is 17.1 Å². The molecule has 0 aliphatic carbocycles. The molecule has 0 fully saturated rings. The third-order valence-corrected chi connectivity index (χ3v) is 3.60. The number of halogens is 1. The van der Waals surface area contributed by atoms with Crippen molar-refractivity contribution >= 4 is 17.6 Å². The van der Waals surface area contributed by atoms with Gasteiger partial charge in [0.25, 0.3) is 0 Å². The molecule has 1 aromatic carbocycles. The summed E-state index contributed by atoms with van der Waals surface area (Å²) >= 11 is 5.78. The van der Waals surface area contributed by atoms with Crippen molar-refractivity contribution in [2.45, 2.75) is 13.3 Å². The molecule has 116 valence electrons. The second-order valence-electron chi connectivity index (χ2n) is 4.98. The molecule has 0 amide bonds. The number of hydrogen-bond acceptors (Lipinski definition) is 4. The molecular formula is C16H13ClN4O2. The zero-order valence-electron chi connectivity index (χ0n) is 12.3. The molecule has 6 nitrogen and oxygen atoms in total. The predicted octanol–water partition coefficient (Wildman–Crippen LogP) is 2.92. The number of carboxylic acid groups (broad SMARTS) is 1. The Morgan fingerprint density at radius 1 is 1.17 bits per heavy atom. The highest BCUT2D eigenvalue weighted by atomic mass is 35.5. The molecule has 0 saturated carbocycles. The first kappa shape index (κ1) is 15.2. The number of aryl methyl sites for hydroxylation is 1. The van der Waals surface area contributed by atoms with Crippen LogP contribution >= 0.6 is 11.6 Å². The van der Waals surface area contributed by atoms with Gasteiger partial charge in [-0.25, -0.2) is 4.68 Å². The van der Waals surface area contributed by atoms with Crippen LogP contribution < -0.4 is 0 Å². The Labute approximate surface area is 137 Å². The van der Waals surface area contributed by atoms with Gasteiger partial charge in [0.05, 0.1) is 17.8 Å². The molecule has 0 aliphatic rings. The molecule has 23 heavy (non-hydrogen) atoms. The molecule has 0 aliphatic heterocycles. The van der Waals surface area contributed by atoms with Gasteiger partial charge in [-0.15, -0.1) is 10.2 Å². The maximum absolute atomic E-state index is 11.2. The molecular weight excluding hydrogens is 316 g/mol. The molecule has 0 spiro atoms. The second-order valence-corrected chi connectivity index (χ2v) is 5.36. The predicted molar refractivity (Wildman–Crippen MR) is 85.7 cm³/mol. The summed E-state index contributed by atoms with van der Waals surface area (Å²) in [6.45, 7) is 1.78. The van der Waals surface area contributed by atoms with Crippen LogP contribution in [-0.2, 0) is 11.2 Å². The molecule has 0 radical (unpaired) electrons. The Balaban J connectivity index is 2.23. The topological polar surface area (TPSA) is 80.9 Å². The van der Waals surface area contributed by atoms with Gasteiger partial charge in [0.15, 0.2) is 11.0 Å². The summed E-state index contributed by atoms with van der Waals surface area (Å²) in [5.41, 5.74) is 2.85. The molecule has 3 aromatic rings. The lowest BCUT2D eigenvalue weighted by Crippen LogP contribution is -2.05. The minimum absolute atomic E-state index is 0.114. The van der Waals surface area contributed by atoms with E-state index in [-0.39, 0.29) is 11.6 Å². The highest BCUT2D eigenvalue weighted by Gasteiger charge is 2.20. The summed E-state index contributed by atoms with van der Waals surface area (Å²) in [4.78, 5) is 11.2. The van der Waals surface area contributed by atoms with Crippen LogP contribution in [0.1, 0.15) is 11.3 Å². The Kier molecular flexibility index (Phi) is 4.08. The highest BCUT2D eigenvalue weighted by Crippen LogP contribution is 2.29. The van der Waals surface area contributed by atoms with Crippen molar-refractivity contribution in [1.82, 2.24) is 20.0 Å². The third kappa shape index (κ3) is 3.07. The first-order chi connectivity index (χ1) is 11.1. The SMILES string of the molecule is Cc1nn(-c2ccc(Cl)nn2)c(-c2ccccc2)c1CC(=O)O. The average molecular weight is 329 g/mol. The summed E-state index contributed by atoms with van der Waals surface area (Å²) in [6, 6.07) is 12.8. The molecule has 0 saturated heterocycles. The van der Waals surface area contributed by atoms with E-state index in [0.29, 0.717) is 22.8 Å². The largest absolute Gasteiger partial charge is 0.481 e. The van der Waals surface area contributed by atoms with E-state index in [2.05, 4.69) is 15.3 Å². The minimum Gasteiger partial charge on any atom is -0.481 e. The monoisotopic (exact) mass is 328 g/mol. The molecule has 1 N–H and O–H groups in total. The zero-order chi connectivity index (χ0) is 16.4. The summed E-state index contributed by atoms with van der Waals surface area (Å²) < 4.78 is 1.60. The Hall–Kier alpha value is -2.73. The number of hydrogen-bond donors (Lipinski definition) is 1. The lowest BCUT2D eigenvalue weighted by Gasteiger charge is -2.08. The van der Waals surface area contributed by atoms with Crippen molar-refractivity contribution in [3.63, 3.8) is 0 Å². The number of nitrogens with zero attached hydrogens (tertiary/aromatic N) is 4. The van der Waals surface area contributed by atoms with Gasteiger partial charge in [-0.05, 0) is 19.1 Å². The van der Waals surface area contributed by atoms with Gasteiger partial charge < -0.3 is 5.11 Å². The van der Waals surface area contributed by atoms with E-state index in [4.69, 9.17) is 11.6 Å². The number of aliphatic carboxylic acids is 1. The number of carboxylic acids is 1. The van der Waals surface area contributed by atoms with Crippen LogP contribution in [0.15, 0.2) is 42.5 Å². The van der Waals surface area contributed by atoms with E-state index in [9.17, 15) is 9.90 Å². The average Bonchev–Trinajstić information content (AvgIpc) is 2.85. The fraction of sp³-hybridized carbons (Fsp3) is 0.125. The number of carbonyl (C=O) groups is 1. The maximum atomic E-state index is 11.2. The summed E-state index contributed by atoms with van der Waals surface area (Å²) in [5, 5.41) is 21.8. The smallest absolute Gasteiger partial charge is 0.307 e. The summed E-state index contributed by atoms with van der Waals surface area (Å²) in [5.74, 6) is -0.431. The van der Waals surface area contributed by atoms with Crippen LogP contribution in [-0.4, -0.2) is 31.1 Å². The first-order valence-corrected chi connectivity index (χ1v) is 7.29. The highest BCUT2D eigenvalue weighted by molar-refractivity contribution is 6.29. The van der Waals surface area contributed by atoms with E-state index in [0.717, 1.165) is 5.56 Å². The van der Waals surface area contributed by atoms with E-state index < -0.39 is 5.97 Å². The minimum atomic E-state index is -0.910. The normalized spacial score (nSPS) is 10.7. The van der Waals surface area contributed by atoms with Crippen LogP contribution in [0.5, 0.6) is 0 Å². The zero-order valence-corrected chi connectivity index (χ0v) is 13.0. The molecule has 2 heterocycles. The van der Waals surface area contributed by atoms with Crippen molar-refractivity contribution < 1.29 is 9.90 Å². The molecule has 0 atom stereocenters. The number of rotatable bonds is 4. The Bertz CT molecular complexity index is 845. The molecule has 2 aromatic heterocycles. The summed E-state index contributed by atoms with van der Waals surface area (Å²) in [7, 11) is 0. The number of aromatic nitrogens is 4. The van der Waals surface area contributed by atoms with E-state index in [1.807, 2.05) is 30.3 Å². The molecule has 0 unspecified atom stereocenters. The van der Waals surface area contributed by atoms with E-state index in [1.165, 1.54) is 0 Å². The lowest BCUT2D eigenvalue weighted by atomic mass is 10.0. The van der Waals surface area contributed by atoms with Gasteiger partial charge in [0.1, 0.15) is 0 Å². The van der Waals surface area contributed by atoms with Crippen LogP contribution in [0, 0.1) is 6.92 Å². The second kappa shape index (κ2) is 6.18. The lowest BCUT2D eigenvalue weighted by molar-refractivity contribution is -0.136. The van der Waals surface area contributed by atoms with Gasteiger partial charge in [-0.1, -0.05) is 41.9 Å². The fourth-order valence-electron chi connectivity index (χ4n) is 2.40. The van der Waals surface area contributed by atoms with Gasteiger partial charge in [-0.2, -0.15) is 5.10 Å². The van der Waals surface area contributed by atoms with Gasteiger partial charge in [0, 0.05) is 11.1 Å². The standard InChI is InChI=1S/C16H13ClN4O2/c1-10-12(9-15(22)23)16(11-5-3-2-4-6-11)21(20-10)14-8-7-13(17)18-19-14/h2-8H,9H2,1H3,(H,22,23). The van der Waals surface area contributed by atoms with Crippen LogP contribution in [0.4, 0.5) is 0 Å². The van der Waals surface area contributed by atoms with Crippen molar-refractivity contribution in [2.24, 2.45) is 0 Å². The first-order valence-electron chi connectivity index (χ1n) is 6.91. The van der Waals surface area contributed by atoms with Crippen molar-refractivity contribution in [3.8, 4) is 17.1 Å². The van der Waals surface area contributed by atoms with Gasteiger partial charge in [0.2, 0.25) is 0 Å². The molecule has 0 bridgehead atoms. The molecule has 7 heteroatoms. The van der Waals surface area contributed by atoms with Crippen molar-refractivity contribution in [1.29, 1.82) is 0 Å². The van der Waals surface area contributed by atoms with E-state index >= 15 is 0 Å². The van der Waals surface area contributed by atoms with Crippen LogP contribution in [0.2, 0.25) is 5.15 Å². The van der Waals surface area contributed by atoms with Crippen molar-refractivity contribution in [2.75, 3.05) is 0 Å². The Morgan fingerprint density at radius 3 is 2.52 bits per heavy atom. The van der Waals surface area contributed by atoms with Gasteiger partial charge >= 0.3 is 5.97 Å². The van der Waals surface area contributed by atoms with Crippen molar-refractivity contribution in [3.05, 3.63) is 58.9 Å². The quantitative estimate of drug-likeness (QED) is 0.796. The van der Waals surface area contributed by atoms with E-state index in [1.54, 1.807) is 23.7 Å². The van der Waals surface area contributed by atoms with Gasteiger partial charge in [-0.3, -0.25) is 4.79 Å².